The fourth-order valence-electron chi connectivity index (χ4n) is 3.24. The van der Waals surface area contributed by atoms with Gasteiger partial charge in [0.1, 0.15) is 10.6 Å². The van der Waals surface area contributed by atoms with Crippen molar-refractivity contribution in [1.29, 1.82) is 0 Å². The molecular weight excluding hydrogens is 436 g/mol. The third kappa shape index (κ3) is 4.57. The summed E-state index contributed by atoms with van der Waals surface area (Å²) < 4.78 is 5.26. The summed E-state index contributed by atoms with van der Waals surface area (Å²) >= 11 is 2.50. The first-order valence-electron chi connectivity index (χ1n) is 9.56. The maximum absolute atomic E-state index is 13.0. The van der Waals surface area contributed by atoms with Crippen molar-refractivity contribution in [2.75, 3.05) is 18.5 Å². The molecule has 2 aromatic heterocycles. The van der Waals surface area contributed by atoms with Gasteiger partial charge in [0.25, 0.3) is 11.8 Å². The summed E-state index contributed by atoms with van der Waals surface area (Å²) in [6.45, 7) is -0.196. The van der Waals surface area contributed by atoms with Crippen LogP contribution in [-0.2, 0) is 14.3 Å². The smallest absolute Gasteiger partial charge is 0.342 e. The first-order valence-corrected chi connectivity index (χ1v) is 11.3. The van der Waals surface area contributed by atoms with Crippen LogP contribution < -0.4 is 5.32 Å². The Kier molecular flexibility index (Phi) is 6.24. The topological polar surface area (TPSA) is 92.8 Å². The highest BCUT2D eigenvalue weighted by molar-refractivity contribution is 7.15. The molecule has 4 rings (SSSR count). The number of nitrogens with one attached hydrogen (secondary N) is 1. The summed E-state index contributed by atoms with van der Waals surface area (Å²) in [5.74, 6) is -1.87. The number of esters is 1. The molecule has 9 heteroatoms. The average molecular weight is 455 g/mol. The number of benzene rings is 1. The number of thiophene rings is 2. The molecule has 0 atom stereocenters. The first-order chi connectivity index (χ1) is 15.0. The third-order valence-electron chi connectivity index (χ3n) is 4.75. The van der Waals surface area contributed by atoms with E-state index in [4.69, 9.17) is 4.74 Å². The lowest BCUT2D eigenvalue weighted by Crippen LogP contribution is -2.35. The van der Waals surface area contributed by atoms with Gasteiger partial charge in [-0.25, -0.2) is 4.79 Å². The number of amides is 3. The van der Waals surface area contributed by atoms with Crippen LogP contribution in [0.2, 0.25) is 0 Å². The number of carbonyl (C=O) groups excluding carboxylic acids is 4. The number of ether oxygens (including phenoxy) is 1. The Morgan fingerprint density at radius 2 is 1.87 bits per heavy atom. The van der Waals surface area contributed by atoms with Crippen molar-refractivity contribution >= 4 is 51.4 Å². The predicted molar refractivity (Wildman–Crippen MR) is 118 cm³/mol. The molecule has 0 spiro atoms. The normalized spacial score (nSPS) is 13.3. The molecule has 7 nitrogen and oxygen atoms in total. The van der Waals surface area contributed by atoms with Crippen LogP contribution in [0.1, 0.15) is 32.9 Å². The molecule has 1 aromatic carbocycles. The molecule has 0 saturated carbocycles. The fourth-order valence-corrected chi connectivity index (χ4v) is 4.82. The van der Waals surface area contributed by atoms with Crippen molar-refractivity contribution in [1.82, 2.24) is 4.90 Å². The van der Waals surface area contributed by atoms with E-state index < -0.39 is 18.5 Å². The quantitative estimate of drug-likeness (QED) is 0.568. The number of hydrogen-bond donors (Lipinski definition) is 1. The van der Waals surface area contributed by atoms with Crippen LogP contribution in [-0.4, -0.2) is 41.7 Å². The van der Waals surface area contributed by atoms with E-state index in [2.05, 4.69) is 5.32 Å². The molecule has 0 aliphatic carbocycles. The number of likely N-dealkylation sites (tertiary alicyclic amines) is 1. The summed E-state index contributed by atoms with van der Waals surface area (Å²) in [5, 5.41) is 6.67. The molecular formula is C22H18N2O5S2. The zero-order valence-corrected chi connectivity index (χ0v) is 18.0. The van der Waals surface area contributed by atoms with Gasteiger partial charge in [0.15, 0.2) is 6.61 Å². The molecule has 1 N–H and O–H groups in total. The van der Waals surface area contributed by atoms with Gasteiger partial charge in [0, 0.05) is 23.9 Å². The van der Waals surface area contributed by atoms with Crippen molar-refractivity contribution in [3.63, 3.8) is 0 Å². The lowest BCUT2D eigenvalue weighted by Gasteiger charge is -2.14. The van der Waals surface area contributed by atoms with Gasteiger partial charge in [-0.1, -0.05) is 36.4 Å². The maximum atomic E-state index is 13.0. The number of anilines is 1. The van der Waals surface area contributed by atoms with Crippen LogP contribution in [0.25, 0.3) is 11.1 Å². The largest absolute Gasteiger partial charge is 0.452 e. The minimum absolute atomic E-state index is 0.182. The Morgan fingerprint density at radius 3 is 2.55 bits per heavy atom. The lowest BCUT2D eigenvalue weighted by atomic mass is 10.0. The zero-order valence-electron chi connectivity index (χ0n) is 16.3. The third-order valence-corrected chi connectivity index (χ3v) is 6.52. The van der Waals surface area contributed by atoms with Gasteiger partial charge in [-0.3, -0.25) is 19.3 Å². The molecule has 3 aromatic rings. The van der Waals surface area contributed by atoms with Crippen molar-refractivity contribution in [3.05, 3.63) is 63.7 Å². The Morgan fingerprint density at radius 1 is 1.06 bits per heavy atom. The Bertz CT molecular complexity index is 1120. The van der Waals surface area contributed by atoms with Gasteiger partial charge in [-0.05, 0) is 23.4 Å². The van der Waals surface area contributed by atoms with Gasteiger partial charge in [-0.15, -0.1) is 22.7 Å². The predicted octanol–water partition coefficient (Wildman–Crippen LogP) is 4.03. The van der Waals surface area contributed by atoms with Crippen molar-refractivity contribution in [2.24, 2.45) is 0 Å². The molecule has 158 valence electrons. The zero-order chi connectivity index (χ0) is 21.8. The Labute approximate surface area is 186 Å². The van der Waals surface area contributed by atoms with E-state index in [9.17, 15) is 19.2 Å². The molecule has 1 fully saturated rings. The fraction of sp³-hybridized carbons (Fsp3) is 0.182. The van der Waals surface area contributed by atoms with Crippen LogP contribution in [0.4, 0.5) is 5.00 Å². The van der Waals surface area contributed by atoms with Crippen molar-refractivity contribution < 1.29 is 23.9 Å². The Hall–Kier alpha value is -3.30. The van der Waals surface area contributed by atoms with Crippen LogP contribution in [0.3, 0.4) is 0 Å². The monoisotopic (exact) mass is 454 g/mol. The standard InChI is InChI=1S/C22H18N2O5S2/c25-17-9-4-10-24(17)18(26)12-29-22(28)19-15(14-6-2-1-3-7-14)13-31-21(19)23-20(27)16-8-5-11-30-16/h1-3,5-8,11,13H,4,9-10,12H2,(H,23,27). The van der Waals surface area contributed by atoms with Gasteiger partial charge in [0.05, 0.1) is 4.88 Å². The van der Waals surface area contributed by atoms with E-state index in [1.165, 1.54) is 22.7 Å². The number of hydrogen-bond acceptors (Lipinski definition) is 7. The Balaban J connectivity index is 1.58. The van der Waals surface area contributed by atoms with Gasteiger partial charge in [-0.2, -0.15) is 0 Å². The van der Waals surface area contributed by atoms with Gasteiger partial charge >= 0.3 is 5.97 Å². The van der Waals surface area contributed by atoms with E-state index in [0.29, 0.717) is 34.8 Å². The maximum Gasteiger partial charge on any atom is 0.342 e. The summed E-state index contributed by atoms with van der Waals surface area (Å²) in [6, 6.07) is 12.7. The van der Waals surface area contributed by atoms with Crippen LogP contribution in [0, 0.1) is 0 Å². The van der Waals surface area contributed by atoms with E-state index >= 15 is 0 Å². The number of nitrogens with zero attached hydrogens (tertiary/aromatic N) is 1. The second-order valence-corrected chi connectivity index (χ2v) is 8.60. The molecule has 1 saturated heterocycles. The van der Waals surface area contributed by atoms with Crippen LogP contribution in [0.5, 0.6) is 0 Å². The molecule has 31 heavy (non-hydrogen) atoms. The molecule has 0 radical (unpaired) electrons. The molecule has 0 unspecified atom stereocenters. The second-order valence-electron chi connectivity index (χ2n) is 6.77. The van der Waals surface area contributed by atoms with E-state index in [1.807, 2.05) is 30.3 Å². The molecule has 1 aliphatic heterocycles. The summed E-state index contributed by atoms with van der Waals surface area (Å²) in [5.41, 5.74) is 1.56. The van der Waals surface area contributed by atoms with Crippen molar-refractivity contribution in [3.8, 4) is 11.1 Å². The summed E-state index contributed by atoms with van der Waals surface area (Å²) in [6.07, 6.45) is 0.932. The SMILES string of the molecule is O=C(Nc1scc(-c2ccccc2)c1C(=O)OCC(=O)N1CCCC1=O)c1cccs1. The van der Waals surface area contributed by atoms with Gasteiger partial charge in [0.2, 0.25) is 5.91 Å². The lowest BCUT2D eigenvalue weighted by molar-refractivity contribution is -0.143. The number of carbonyl (C=O) groups is 4. The molecule has 3 heterocycles. The van der Waals surface area contributed by atoms with Crippen LogP contribution >= 0.6 is 22.7 Å². The first kappa shape index (κ1) is 21.0. The average Bonchev–Trinajstić information content (AvgIpc) is 3.53. The molecule has 1 aliphatic rings. The minimum Gasteiger partial charge on any atom is -0.452 e. The number of imide groups is 1. The van der Waals surface area contributed by atoms with E-state index in [0.717, 1.165) is 10.5 Å². The summed E-state index contributed by atoms with van der Waals surface area (Å²) in [4.78, 5) is 51.1. The van der Waals surface area contributed by atoms with Gasteiger partial charge < -0.3 is 10.1 Å². The van der Waals surface area contributed by atoms with E-state index in [-0.39, 0.29) is 17.4 Å². The highest BCUT2D eigenvalue weighted by Crippen LogP contribution is 2.36. The van der Waals surface area contributed by atoms with E-state index in [1.54, 1.807) is 22.9 Å². The van der Waals surface area contributed by atoms with Crippen LogP contribution in [0.15, 0.2) is 53.2 Å². The minimum atomic E-state index is -0.735. The summed E-state index contributed by atoms with van der Waals surface area (Å²) in [7, 11) is 0. The second kappa shape index (κ2) is 9.23. The number of rotatable bonds is 6. The molecule has 0 bridgehead atoms. The molecule has 3 amide bonds. The van der Waals surface area contributed by atoms with Crippen molar-refractivity contribution in [2.45, 2.75) is 12.8 Å². The highest BCUT2D eigenvalue weighted by Gasteiger charge is 2.29. The highest BCUT2D eigenvalue weighted by atomic mass is 32.1.